The predicted molar refractivity (Wildman–Crippen MR) is 82.5 cm³/mol. The topological polar surface area (TPSA) is 38.5 Å². The van der Waals surface area contributed by atoms with Crippen LogP contribution in [0.2, 0.25) is 0 Å². The van der Waals surface area contributed by atoms with Gasteiger partial charge in [-0.1, -0.05) is 26.3 Å². The second kappa shape index (κ2) is 8.05. The molecule has 1 aromatic rings. The molecule has 1 rings (SSSR count). The molecule has 3 heteroatoms. The van der Waals surface area contributed by atoms with Crippen molar-refractivity contribution < 1.29 is 4.74 Å². The Morgan fingerprint density at radius 1 is 1.32 bits per heavy atom. The van der Waals surface area contributed by atoms with Crippen LogP contribution in [0.25, 0.3) is 0 Å². The van der Waals surface area contributed by atoms with Crippen LogP contribution < -0.4 is 10.5 Å². The van der Waals surface area contributed by atoms with E-state index in [2.05, 4.69) is 31.7 Å². The molecule has 1 atom stereocenters. The van der Waals surface area contributed by atoms with Gasteiger partial charge in [-0.25, -0.2) is 0 Å². The summed E-state index contributed by atoms with van der Waals surface area (Å²) in [4.78, 5) is 2.53. The number of rotatable bonds is 8. The number of unbranched alkanes of at least 4 members (excludes halogenated alkanes) is 1. The highest BCUT2D eigenvalue weighted by atomic mass is 16.5. The van der Waals surface area contributed by atoms with E-state index in [-0.39, 0.29) is 0 Å². The lowest BCUT2D eigenvalue weighted by Gasteiger charge is -2.28. The van der Waals surface area contributed by atoms with Crippen molar-refractivity contribution in [2.45, 2.75) is 52.6 Å². The van der Waals surface area contributed by atoms with Gasteiger partial charge in [0, 0.05) is 12.6 Å². The average molecular weight is 264 g/mol. The molecule has 0 bridgehead atoms. The zero-order chi connectivity index (χ0) is 14.3. The molecule has 0 amide bonds. The van der Waals surface area contributed by atoms with Crippen molar-refractivity contribution in [3.63, 3.8) is 0 Å². The Labute approximate surface area is 117 Å². The molecule has 1 aromatic carbocycles. The predicted octanol–water partition coefficient (Wildman–Crippen LogP) is 3.68. The van der Waals surface area contributed by atoms with Gasteiger partial charge in [0.15, 0.2) is 0 Å². The van der Waals surface area contributed by atoms with Gasteiger partial charge < -0.3 is 10.5 Å². The quantitative estimate of drug-likeness (QED) is 0.728. The van der Waals surface area contributed by atoms with Crippen LogP contribution in [0.5, 0.6) is 5.75 Å². The molecular weight excluding hydrogens is 236 g/mol. The number of anilines is 1. The number of methoxy groups -OCH3 is 1. The number of hydrogen-bond acceptors (Lipinski definition) is 3. The lowest BCUT2D eigenvalue weighted by atomic mass is 10.1. The van der Waals surface area contributed by atoms with Crippen molar-refractivity contribution >= 4 is 5.69 Å². The van der Waals surface area contributed by atoms with Gasteiger partial charge in [-0.15, -0.1) is 0 Å². The first-order valence-corrected chi connectivity index (χ1v) is 7.28. The van der Waals surface area contributed by atoms with Gasteiger partial charge in [0.05, 0.1) is 12.8 Å². The van der Waals surface area contributed by atoms with Gasteiger partial charge >= 0.3 is 0 Å². The fraction of sp³-hybridized carbons (Fsp3) is 0.625. The smallest absolute Gasteiger partial charge is 0.141 e. The minimum absolute atomic E-state index is 0.606. The summed E-state index contributed by atoms with van der Waals surface area (Å²) in [5, 5.41) is 0. The molecule has 1 unspecified atom stereocenters. The van der Waals surface area contributed by atoms with Crippen LogP contribution in [0.4, 0.5) is 5.69 Å². The van der Waals surface area contributed by atoms with E-state index in [0.717, 1.165) is 24.5 Å². The summed E-state index contributed by atoms with van der Waals surface area (Å²) in [6, 6.07) is 6.70. The number of nitrogens with two attached hydrogens (primary N) is 1. The Morgan fingerprint density at radius 3 is 2.58 bits per heavy atom. The molecule has 0 fully saturated rings. The lowest BCUT2D eigenvalue weighted by molar-refractivity contribution is 0.192. The Kier molecular flexibility index (Phi) is 6.71. The molecule has 19 heavy (non-hydrogen) atoms. The first-order chi connectivity index (χ1) is 9.12. The van der Waals surface area contributed by atoms with Crippen molar-refractivity contribution in [1.29, 1.82) is 0 Å². The van der Waals surface area contributed by atoms with Crippen molar-refractivity contribution in [1.82, 2.24) is 4.90 Å². The highest BCUT2D eigenvalue weighted by Crippen LogP contribution is 2.23. The fourth-order valence-corrected chi connectivity index (χ4v) is 2.19. The third kappa shape index (κ3) is 4.75. The number of hydrogen-bond donors (Lipinski definition) is 1. The SMILES string of the molecule is CCCCN(Cc1ccc(OC)c(N)c1)C(C)CC. The van der Waals surface area contributed by atoms with Gasteiger partial charge in [-0.05, 0) is 44.0 Å². The summed E-state index contributed by atoms with van der Waals surface area (Å²) in [6.07, 6.45) is 3.66. The Morgan fingerprint density at radius 2 is 2.05 bits per heavy atom. The molecule has 0 aliphatic rings. The van der Waals surface area contributed by atoms with E-state index in [1.54, 1.807) is 7.11 Å². The standard InChI is InChI=1S/C16H28N2O/c1-5-7-10-18(13(3)6-2)12-14-8-9-16(19-4)15(17)11-14/h8-9,11,13H,5-7,10,12,17H2,1-4H3. The second-order valence-electron chi connectivity index (χ2n) is 5.16. The molecule has 0 saturated heterocycles. The van der Waals surface area contributed by atoms with Crippen LogP contribution in [-0.2, 0) is 6.54 Å². The summed E-state index contributed by atoms with van der Waals surface area (Å²) in [7, 11) is 1.65. The van der Waals surface area contributed by atoms with Crippen LogP contribution in [-0.4, -0.2) is 24.6 Å². The maximum absolute atomic E-state index is 5.97. The maximum atomic E-state index is 5.97. The highest BCUT2D eigenvalue weighted by molar-refractivity contribution is 5.54. The molecule has 0 aromatic heterocycles. The zero-order valence-corrected chi connectivity index (χ0v) is 12.8. The van der Waals surface area contributed by atoms with Crippen LogP contribution >= 0.6 is 0 Å². The van der Waals surface area contributed by atoms with Crippen molar-refractivity contribution in [2.24, 2.45) is 0 Å². The molecule has 0 aliphatic carbocycles. The molecule has 0 heterocycles. The third-order valence-corrected chi connectivity index (χ3v) is 3.69. The summed E-state index contributed by atoms with van der Waals surface area (Å²) in [6.45, 7) is 8.88. The first kappa shape index (κ1) is 15.8. The van der Waals surface area contributed by atoms with E-state index in [4.69, 9.17) is 10.5 Å². The maximum Gasteiger partial charge on any atom is 0.141 e. The van der Waals surface area contributed by atoms with Crippen LogP contribution in [0.15, 0.2) is 18.2 Å². The summed E-state index contributed by atoms with van der Waals surface area (Å²) >= 11 is 0. The number of ether oxygens (including phenoxy) is 1. The van der Waals surface area contributed by atoms with Crippen LogP contribution in [0.3, 0.4) is 0 Å². The van der Waals surface area contributed by atoms with Crippen molar-refractivity contribution in [2.75, 3.05) is 19.4 Å². The molecular formula is C16H28N2O. The fourth-order valence-electron chi connectivity index (χ4n) is 2.19. The molecule has 0 spiro atoms. The second-order valence-corrected chi connectivity index (χ2v) is 5.16. The average Bonchev–Trinajstić information content (AvgIpc) is 2.42. The number of benzene rings is 1. The van der Waals surface area contributed by atoms with E-state index in [0.29, 0.717) is 6.04 Å². The van der Waals surface area contributed by atoms with Crippen molar-refractivity contribution in [3.8, 4) is 5.75 Å². The summed E-state index contributed by atoms with van der Waals surface area (Å²) in [5.74, 6) is 0.757. The molecule has 0 aliphatic heterocycles. The monoisotopic (exact) mass is 264 g/mol. The minimum atomic E-state index is 0.606. The van der Waals surface area contributed by atoms with Gasteiger partial charge in [0.2, 0.25) is 0 Å². The molecule has 2 N–H and O–H groups in total. The van der Waals surface area contributed by atoms with Crippen molar-refractivity contribution in [3.05, 3.63) is 23.8 Å². The van der Waals surface area contributed by atoms with Crippen LogP contribution in [0, 0.1) is 0 Å². The number of nitrogen functional groups attached to an aromatic ring is 1. The first-order valence-electron chi connectivity index (χ1n) is 7.28. The van der Waals surface area contributed by atoms with E-state index >= 15 is 0 Å². The molecule has 3 nitrogen and oxygen atoms in total. The number of nitrogens with zero attached hydrogens (tertiary/aromatic N) is 1. The minimum Gasteiger partial charge on any atom is -0.495 e. The zero-order valence-electron chi connectivity index (χ0n) is 12.8. The summed E-state index contributed by atoms with van der Waals surface area (Å²) < 4.78 is 5.20. The van der Waals surface area contributed by atoms with Gasteiger partial charge in [0.25, 0.3) is 0 Å². The normalized spacial score (nSPS) is 12.7. The van der Waals surface area contributed by atoms with Gasteiger partial charge in [0.1, 0.15) is 5.75 Å². The third-order valence-electron chi connectivity index (χ3n) is 3.69. The molecule has 0 radical (unpaired) electrons. The largest absolute Gasteiger partial charge is 0.495 e. The Bertz CT molecular complexity index is 379. The lowest BCUT2D eigenvalue weighted by Crippen LogP contribution is -2.33. The highest BCUT2D eigenvalue weighted by Gasteiger charge is 2.12. The van der Waals surface area contributed by atoms with E-state index < -0.39 is 0 Å². The molecule has 0 saturated carbocycles. The van der Waals surface area contributed by atoms with E-state index in [1.165, 1.54) is 24.8 Å². The Balaban J connectivity index is 2.74. The van der Waals surface area contributed by atoms with Gasteiger partial charge in [-0.3, -0.25) is 4.90 Å². The Hall–Kier alpha value is -1.22. The summed E-state index contributed by atoms with van der Waals surface area (Å²) in [5.41, 5.74) is 7.95. The van der Waals surface area contributed by atoms with E-state index in [1.807, 2.05) is 12.1 Å². The molecule has 108 valence electrons. The van der Waals surface area contributed by atoms with E-state index in [9.17, 15) is 0 Å². The van der Waals surface area contributed by atoms with Gasteiger partial charge in [-0.2, -0.15) is 0 Å². The van der Waals surface area contributed by atoms with Crippen LogP contribution in [0.1, 0.15) is 45.6 Å².